The number of amides is 4. The predicted octanol–water partition coefficient (Wildman–Crippen LogP) is 11.1. The van der Waals surface area contributed by atoms with E-state index in [9.17, 15) is 44.4 Å². The third-order valence-electron chi connectivity index (χ3n) is 15.1. The van der Waals surface area contributed by atoms with E-state index in [1.807, 2.05) is 171 Å². The van der Waals surface area contributed by atoms with Crippen molar-refractivity contribution in [2.24, 2.45) is 10.2 Å². The zero-order chi connectivity index (χ0) is 74.4. The van der Waals surface area contributed by atoms with Crippen LogP contribution in [0.15, 0.2) is 234 Å². The molecule has 0 bridgehead atoms. The van der Waals surface area contributed by atoms with Crippen molar-refractivity contribution < 1.29 is 53.9 Å². The summed E-state index contributed by atoms with van der Waals surface area (Å²) in [5.41, 5.74) is 22.4. The first-order valence-electron chi connectivity index (χ1n) is 33.3. The Balaban J connectivity index is 0.000000334. The number of nitrogens with one attached hydrogen (secondary N) is 4. The molecule has 536 valence electrons. The van der Waals surface area contributed by atoms with Gasteiger partial charge in [-0.1, -0.05) is 197 Å². The summed E-state index contributed by atoms with van der Waals surface area (Å²) in [5.74, 6) is -4.60. The number of aromatic hydroxyl groups is 2. The van der Waals surface area contributed by atoms with Crippen LogP contribution in [0.3, 0.4) is 0 Å². The highest BCUT2D eigenvalue weighted by Crippen LogP contribution is 2.50. The number of benzene rings is 2. The number of hydrogen-bond donors (Lipinski definition) is 6. The van der Waals surface area contributed by atoms with Gasteiger partial charge in [0.1, 0.15) is 46.5 Å². The van der Waals surface area contributed by atoms with Gasteiger partial charge < -0.3 is 61.0 Å². The van der Waals surface area contributed by atoms with Crippen molar-refractivity contribution >= 4 is 46.5 Å². The molecule has 4 amide bonds. The van der Waals surface area contributed by atoms with Crippen LogP contribution in [0, 0.1) is 6.92 Å². The number of esters is 1. The molecule has 0 aliphatic heterocycles. The van der Waals surface area contributed by atoms with Gasteiger partial charge in [-0.25, -0.2) is 14.8 Å². The molecule has 0 radical (unpaired) electrons. The Kier molecular flexibility index (Phi) is 33.0. The quantitative estimate of drug-likeness (QED) is 0.00917. The number of hydrogen-bond acceptors (Lipinski definition) is 17. The van der Waals surface area contributed by atoms with Crippen LogP contribution in [0.25, 0.3) is 26.5 Å². The number of carbonyl (C=O) groups is 5. The number of carbonyl (C=O) groups excluding carboxylic acids is 5. The summed E-state index contributed by atoms with van der Waals surface area (Å²) >= 11 is 0. The maximum Gasteiger partial charge on any atom is 0.332 e. The number of likely N-dealkylation sites (N-methyl/N-ethyl adjacent to an activating group) is 1. The molecule has 2 aromatic heterocycles. The van der Waals surface area contributed by atoms with Gasteiger partial charge in [0, 0.05) is 104 Å². The zero-order valence-electron chi connectivity index (χ0n) is 58.5. The van der Waals surface area contributed by atoms with Crippen LogP contribution in [0.5, 0.6) is 11.5 Å². The normalized spacial score (nSPS) is 12.4. The van der Waals surface area contributed by atoms with E-state index in [1.165, 1.54) is 12.1 Å². The fraction of sp³-hybridized carbons (Fsp3) is 0.269. The summed E-state index contributed by atoms with van der Waals surface area (Å²) < 4.78 is 10.7. The highest BCUT2D eigenvalue weighted by atomic mass is 16.6. The molecule has 0 saturated carbocycles. The maximum atomic E-state index is 13.3. The Bertz CT molecular complexity index is 4170. The molecule has 2 unspecified atom stereocenters. The third-order valence-corrected chi connectivity index (χ3v) is 15.1. The van der Waals surface area contributed by atoms with Crippen LogP contribution >= 0.6 is 0 Å². The molecule has 25 heteroatoms. The smallest absolute Gasteiger partial charge is 0.332 e. The summed E-state index contributed by atoms with van der Waals surface area (Å²) in [6.07, 6.45) is -1.51. The van der Waals surface area contributed by atoms with Crippen LogP contribution in [0.2, 0.25) is 0 Å². The molecule has 1 aliphatic rings. The second-order valence-corrected chi connectivity index (χ2v) is 23.8. The lowest BCUT2D eigenvalue weighted by molar-refractivity contribution is -0.429. The number of anilines is 2. The van der Waals surface area contributed by atoms with E-state index in [4.69, 9.17) is 20.5 Å². The van der Waals surface area contributed by atoms with Gasteiger partial charge in [0.25, 0.3) is 23.6 Å². The summed E-state index contributed by atoms with van der Waals surface area (Å²) in [6.45, 7) is 14.2. The Morgan fingerprint density at radius 1 is 0.544 bits per heavy atom. The number of pyridine rings is 2. The minimum Gasteiger partial charge on any atom is -0.875 e. The molecule has 0 spiro atoms. The van der Waals surface area contributed by atoms with E-state index in [2.05, 4.69) is 51.3 Å². The number of phenols is 2. The number of ether oxygens (including phenoxy) is 2. The number of aryl methyl sites for hydroxylation is 1. The van der Waals surface area contributed by atoms with Crippen LogP contribution in [0.1, 0.15) is 116 Å². The molecule has 6 N–H and O–H groups in total. The lowest BCUT2D eigenvalue weighted by Crippen LogP contribution is -2.47. The Labute approximate surface area is 599 Å². The summed E-state index contributed by atoms with van der Waals surface area (Å²) in [4.78, 5) is 80.6. The molecule has 0 fully saturated rings. The SMILES string of the molecule is CCN(CCOCC(=O)OC(C)(C)C)c1ccc(C2=C([O-])C(c3c(O)cc(N(CCN=[N+]=[N-])CCN=[N+]=[N-])cc3O)C2[O-])cc1.CCNC(=O)c1cccc(C(=O)NCc2ccccccc(CNC(=O)c3cccc(C(=O)NCc4ccccccc(C)cccccc4)n3)cccccc2)n1. The van der Waals surface area contributed by atoms with Crippen molar-refractivity contribution in [3.8, 4) is 11.5 Å². The van der Waals surface area contributed by atoms with Crippen molar-refractivity contribution in [1.29, 1.82) is 0 Å². The fourth-order valence-electron chi connectivity index (χ4n) is 10.1. The van der Waals surface area contributed by atoms with Gasteiger partial charge in [0.05, 0.1) is 6.61 Å². The lowest BCUT2D eigenvalue weighted by Gasteiger charge is -2.51. The Morgan fingerprint density at radius 3 is 1.31 bits per heavy atom. The van der Waals surface area contributed by atoms with Crippen molar-refractivity contribution in [2.75, 3.05) is 68.8 Å². The van der Waals surface area contributed by atoms with Crippen molar-refractivity contribution in [2.45, 2.75) is 78.8 Å². The number of phenolic OH excluding ortho intramolecular Hbond substituents is 2. The lowest BCUT2D eigenvalue weighted by atomic mass is 9.73. The molecule has 7 rings (SSSR count). The molecular weight excluding hydrogens is 1310 g/mol. The van der Waals surface area contributed by atoms with Gasteiger partial charge in [-0.15, -0.1) is 5.76 Å². The van der Waals surface area contributed by atoms with Gasteiger partial charge in [-0.3, -0.25) is 19.2 Å². The van der Waals surface area contributed by atoms with Gasteiger partial charge in [-0.2, -0.15) is 0 Å². The average Bonchev–Trinajstić information content (AvgIpc) is 0.736. The Morgan fingerprint density at radius 2 is 0.942 bits per heavy atom. The number of azide groups is 2. The molecular formula is C78H86N14O11-2. The number of rotatable bonds is 27. The minimum absolute atomic E-state index is 0.0588. The molecule has 1 aliphatic carbocycles. The molecule has 103 heavy (non-hydrogen) atoms. The van der Waals surface area contributed by atoms with Gasteiger partial charge >= 0.3 is 5.97 Å². The van der Waals surface area contributed by atoms with E-state index < -0.39 is 58.6 Å². The van der Waals surface area contributed by atoms with E-state index in [1.54, 1.807) is 86.3 Å². The van der Waals surface area contributed by atoms with E-state index in [-0.39, 0.29) is 92.2 Å². The minimum atomic E-state index is -1.51. The average molecular weight is 1400 g/mol. The molecule has 4 aromatic carbocycles. The monoisotopic (exact) mass is 1390 g/mol. The second-order valence-electron chi connectivity index (χ2n) is 23.8. The fourth-order valence-corrected chi connectivity index (χ4v) is 10.1. The highest BCUT2D eigenvalue weighted by molar-refractivity contribution is 5.97. The molecule has 6 aromatic rings. The number of nitrogens with zero attached hydrogens (tertiary/aromatic N) is 10. The van der Waals surface area contributed by atoms with Crippen LogP contribution in [-0.4, -0.2) is 121 Å². The molecule has 25 nitrogen and oxygen atoms in total. The standard InChI is InChI=1S/C48H48N6O4.C30H39N8O7/c1-3-49-45(55)41-30-20-31-42(53-41)46(56)50-35-39-26-16-8-10-18-28-40(29-19-11-9-17-27-39)36-52-48(58)44-33-21-32-43(54-44)47(57)51-34-38-24-14-6-4-12-22-37(2)23-13-5-7-15-25-38;1-5-37(14-15-44-18-24(41)45-30(2,3)4)20-8-6-19(7-9-20)25-28(42)27(29(25)43)26-22(39)16-21(17-23(26)40)38(12-10-33-35-31)13-11-34-36-32/h4-33H,3,34-36H2,1-2H3,(H,49,55)(H,50,56)(H,51,57)(H,52,58);6-9,16-17,27-28,39-40,43H,5,10-15,18H2,1-4H3/q;-1/p-1. The van der Waals surface area contributed by atoms with E-state index >= 15 is 0 Å². The van der Waals surface area contributed by atoms with Crippen molar-refractivity contribution in [3.05, 3.63) is 301 Å². The summed E-state index contributed by atoms with van der Waals surface area (Å²) in [6, 6.07) is 64.8. The summed E-state index contributed by atoms with van der Waals surface area (Å²) in [5, 5.41) is 66.4. The first-order valence-corrected chi connectivity index (χ1v) is 33.3. The largest absolute Gasteiger partial charge is 0.875 e. The van der Waals surface area contributed by atoms with E-state index in [0.29, 0.717) is 37.5 Å². The topological polar surface area (TPSA) is 368 Å². The van der Waals surface area contributed by atoms with Crippen LogP contribution in [0.4, 0.5) is 11.4 Å². The van der Waals surface area contributed by atoms with Gasteiger partial charge in [-0.05, 0) is 117 Å². The maximum absolute atomic E-state index is 13.3. The highest BCUT2D eigenvalue weighted by Gasteiger charge is 2.33. The van der Waals surface area contributed by atoms with Gasteiger partial charge in [0.15, 0.2) is 0 Å². The Hall–Kier alpha value is -12.3. The van der Waals surface area contributed by atoms with E-state index in [0.717, 1.165) is 27.9 Å². The van der Waals surface area contributed by atoms with Crippen molar-refractivity contribution in [1.82, 2.24) is 31.2 Å². The van der Waals surface area contributed by atoms with Crippen molar-refractivity contribution in [3.63, 3.8) is 0 Å². The molecule has 2 atom stereocenters. The predicted molar refractivity (Wildman–Crippen MR) is 393 cm³/mol. The third kappa shape index (κ3) is 27.1. The summed E-state index contributed by atoms with van der Waals surface area (Å²) in [7, 11) is 0. The molecule has 2 heterocycles. The van der Waals surface area contributed by atoms with Gasteiger partial charge in [0.2, 0.25) is 0 Å². The number of aromatic nitrogens is 2. The second kappa shape index (κ2) is 42.6. The first kappa shape index (κ1) is 79.7. The molecule has 0 saturated heterocycles. The van der Waals surface area contributed by atoms with Crippen LogP contribution < -0.4 is 41.3 Å². The zero-order valence-corrected chi connectivity index (χ0v) is 58.5. The van der Waals surface area contributed by atoms with Crippen LogP contribution in [-0.2, 0) is 33.9 Å². The first-order chi connectivity index (χ1) is 49.7.